The molecule has 2 amide bonds. The molecule has 0 saturated heterocycles. The van der Waals surface area contributed by atoms with Crippen LogP contribution < -0.4 is 20.7 Å². The highest BCUT2D eigenvalue weighted by molar-refractivity contribution is 6.03. The van der Waals surface area contributed by atoms with Crippen molar-refractivity contribution in [2.75, 3.05) is 31.7 Å². The van der Waals surface area contributed by atoms with Crippen molar-refractivity contribution in [2.45, 2.75) is 32.4 Å². The largest absolute Gasteiger partial charge is 0.479 e. The van der Waals surface area contributed by atoms with E-state index in [1.54, 1.807) is 20.1 Å². The normalized spacial score (nSPS) is 17.9. The number of ether oxygens (including phenoxy) is 2. The minimum absolute atomic E-state index is 0.0614. The van der Waals surface area contributed by atoms with Gasteiger partial charge in [0.25, 0.3) is 5.91 Å². The SMILES string of the molecule is CCC(N)c1ccc2c(c1)N(CC(=O)NCCOC)C(=O)C(C)O2. The summed E-state index contributed by atoms with van der Waals surface area (Å²) in [6.45, 7) is 4.43. The monoisotopic (exact) mass is 335 g/mol. The number of nitrogens with two attached hydrogens (primary N) is 1. The summed E-state index contributed by atoms with van der Waals surface area (Å²) in [5, 5.41) is 2.72. The number of carbonyl (C=O) groups excluding carboxylic acids is 2. The minimum Gasteiger partial charge on any atom is -0.479 e. The first-order valence-corrected chi connectivity index (χ1v) is 8.11. The van der Waals surface area contributed by atoms with Gasteiger partial charge in [0.15, 0.2) is 6.10 Å². The molecule has 0 aliphatic carbocycles. The number of methoxy groups -OCH3 is 1. The van der Waals surface area contributed by atoms with Gasteiger partial charge < -0.3 is 20.5 Å². The molecule has 0 radical (unpaired) electrons. The first kappa shape index (κ1) is 18.2. The average Bonchev–Trinajstić information content (AvgIpc) is 2.58. The number of anilines is 1. The van der Waals surface area contributed by atoms with Gasteiger partial charge >= 0.3 is 0 Å². The van der Waals surface area contributed by atoms with Gasteiger partial charge in [-0.2, -0.15) is 0 Å². The van der Waals surface area contributed by atoms with Crippen LogP contribution in [0.15, 0.2) is 18.2 Å². The lowest BCUT2D eigenvalue weighted by Gasteiger charge is -2.33. The molecule has 1 aliphatic rings. The van der Waals surface area contributed by atoms with E-state index >= 15 is 0 Å². The Morgan fingerprint density at radius 1 is 1.50 bits per heavy atom. The molecule has 0 fully saturated rings. The van der Waals surface area contributed by atoms with Gasteiger partial charge in [0, 0.05) is 19.7 Å². The molecule has 24 heavy (non-hydrogen) atoms. The Kier molecular flexibility index (Phi) is 6.16. The van der Waals surface area contributed by atoms with Crippen LogP contribution in [0.5, 0.6) is 5.75 Å². The molecular weight excluding hydrogens is 310 g/mol. The van der Waals surface area contributed by atoms with Gasteiger partial charge in [-0.15, -0.1) is 0 Å². The second kappa shape index (κ2) is 8.12. The van der Waals surface area contributed by atoms with Gasteiger partial charge in [-0.1, -0.05) is 13.0 Å². The van der Waals surface area contributed by atoms with E-state index in [1.165, 1.54) is 4.90 Å². The van der Waals surface area contributed by atoms with Crippen LogP contribution in [0.25, 0.3) is 0 Å². The maximum atomic E-state index is 12.5. The first-order chi connectivity index (χ1) is 11.5. The number of hydrogen-bond donors (Lipinski definition) is 2. The zero-order valence-corrected chi connectivity index (χ0v) is 14.4. The Labute approximate surface area is 142 Å². The van der Waals surface area contributed by atoms with Crippen molar-refractivity contribution >= 4 is 17.5 Å². The fourth-order valence-electron chi connectivity index (χ4n) is 2.55. The van der Waals surface area contributed by atoms with Crippen LogP contribution in [-0.4, -0.2) is 44.7 Å². The van der Waals surface area contributed by atoms with Gasteiger partial charge in [-0.05, 0) is 31.0 Å². The molecule has 0 spiro atoms. The van der Waals surface area contributed by atoms with Crippen LogP contribution in [0.2, 0.25) is 0 Å². The van der Waals surface area contributed by atoms with E-state index in [-0.39, 0.29) is 24.4 Å². The highest BCUT2D eigenvalue weighted by Crippen LogP contribution is 2.36. The van der Waals surface area contributed by atoms with Crippen molar-refractivity contribution in [3.05, 3.63) is 23.8 Å². The Balaban J connectivity index is 2.23. The summed E-state index contributed by atoms with van der Waals surface area (Å²) in [6, 6.07) is 5.41. The number of rotatable bonds is 7. The van der Waals surface area contributed by atoms with E-state index < -0.39 is 6.10 Å². The third kappa shape index (κ3) is 4.04. The molecule has 132 valence electrons. The summed E-state index contributed by atoms with van der Waals surface area (Å²) in [4.78, 5) is 26.0. The van der Waals surface area contributed by atoms with Gasteiger partial charge in [0.05, 0.1) is 12.3 Å². The Hall–Kier alpha value is -2.12. The third-order valence-electron chi connectivity index (χ3n) is 3.99. The summed E-state index contributed by atoms with van der Waals surface area (Å²) in [7, 11) is 1.56. The van der Waals surface area contributed by atoms with Crippen molar-refractivity contribution in [1.29, 1.82) is 0 Å². The molecule has 7 nitrogen and oxygen atoms in total. The lowest BCUT2D eigenvalue weighted by molar-refractivity contribution is -0.128. The average molecular weight is 335 g/mol. The molecule has 1 heterocycles. The van der Waals surface area contributed by atoms with E-state index in [0.29, 0.717) is 24.6 Å². The van der Waals surface area contributed by atoms with Crippen molar-refractivity contribution in [2.24, 2.45) is 5.73 Å². The second-order valence-corrected chi connectivity index (χ2v) is 5.77. The summed E-state index contributed by atoms with van der Waals surface area (Å²) < 4.78 is 10.5. The molecule has 2 unspecified atom stereocenters. The number of benzene rings is 1. The molecule has 2 atom stereocenters. The molecule has 2 rings (SSSR count). The predicted octanol–water partition coefficient (Wildman–Crippen LogP) is 0.973. The summed E-state index contributed by atoms with van der Waals surface area (Å²) in [5.41, 5.74) is 7.57. The van der Waals surface area contributed by atoms with Crippen LogP contribution in [-0.2, 0) is 14.3 Å². The Morgan fingerprint density at radius 2 is 2.25 bits per heavy atom. The number of nitrogens with one attached hydrogen (secondary N) is 1. The topological polar surface area (TPSA) is 93.9 Å². The highest BCUT2D eigenvalue weighted by atomic mass is 16.5. The van der Waals surface area contributed by atoms with Crippen LogP contribution in [0.1, 0.15) is 31.9 Å². The molecule has 0 saturated carbocycles. The number of amides is 2. The molecule has 7 heteroatoms. The molecule has 1 aliphatic heterocycles. The summed E-state index contributed by atoms with van der Waals surface area (Å²) >= 11 is 0. The fraction of sp³-hybridized carbons (Fsp3) is 0.529. The number of carbonyl (C=O) groups is 2. The van der Waals surface area contributed by atoms with E-state index in [2.05, 4.69) is 5.32 Å². The van der Waals surface area contributed by atoms with Gasteiger partial charge in [0.1, 0.15) is 12.3 Å². The fourth-order valence-corrected chi connectivity index (χ4v) is 2.55. The van der Waals surface area contributed by atoms with Crippen LogP contribution in [0.4, 0.5) is 5.69 Å². The first-order valence-electron chi connectivity index (χ1n) is 8.11. The smallest absolute Gasteiger partial charge is 0.268 e. The van der Waals surface area contributed by atoms with Crippen molar-refractivity contribution in [3.8, 4) is 5.75 Å². The third-order valence-corrected chi connectivity index (χ3v) is 3.99. The Bertz CT molecular complexity index is 605. The maximum absolute atomic E-state index is 12.5. The second-order valence-electron chi connectivity index (χ2n) is 5.77. The van der Waals surface area contributed by atoms with E-state index in [4.69, 9.17) is 15.2 Å². The van der Waals surface area contributed by atoms with Gasteiger partial charge in [-0.25, -0.2) is 0 Å². The number of fused-ring (bicyclic) bond motifs is 1. The lowest BCUT2D eigenvalue weighted by Crippen LogP contribution is -2.49. The van der Waals surface area contributed by atoms with Gasteiger partial charge in [-0.3, -0.25) is 14.5 Å². The van der Waals surface area contributed by atoms with Crippen molar-refractivity contribution in [1.82, 2.24) is 5.32 Å². The van der Waals surface area contributed by atoms with Crippen molar-refractivity contribution < 1.29 is 19.1 Å². The minimum atomic E-state index is -0.630. The van der Waals surface area contributed by atoms with Crippen LogP contribution in [0, 0.1) is 0 Å². The number of nitrogens with zero attached hydrogens (tertiary/aromatic N) is 1. The van der Waals surface area contributed by atoms with Crippen molar-refractivity contribution in [3.63, 3.8) is 0 Å². The lowest BCUT2D eigenvalue weighted by atomic mass is 10.0. The molecule has 0 bridgehead atoms. The van der Waals surface area contributed by atoms with Gasteiger partial charge in [0.2, 0.25) is 5.91 Å². The standard InChI is InChI=1S/C17H25N3O4/c1-4-13(18)12-5-6-15-14(9-12)20(17(22)11(2)24-15)10-16(21)19-7-8-23-3/h5-6,9,11,13H,4,7-8,10,18H2,1-3H3,(H,19,21). The van der Waals surface area contributed by atoms with E-state index in [9.17, 15) is 9.59 Å². The quantitative estimate of drug-likeness (QED) is 0.724. The zero-order chi connectivity index (χ0) is 17.7. The molecule has 1 aromatic carbocycles. The summed E-state index contributed by atoms with van der Waals surface area (Å²) in [6.07, 6.45) is 0.150. The molecular formula is C17H25N3O4. The highest BCUT2D eigenvalue weighted by Gasteiger charge is 2.33. The maximum Gasteiger partial charge on any atom is 0.268 e. The van der Waals surface area contributed by atoms with Crippen LogP contribution >= 0.6 is 0 Å². The van der Waals surface area contributed by atoms with E-state index in [1.807, 2.05) is 19.1 Å². The number of hydrogen-bond acceptors (Lipinski definition) is 5. The van der Waals surface area contributed by atoms with E-state index in [0.717, 1.165) is 12.0 Å². The van der Waals surface area contributed by atoms with Crippen LogP contribution in [0.3, 0.4) is 0 Å². The molecule has 0 aromatic heterocycles. The predicted molar refractivity (Wildman–Crippen MR) is 91.0 cm³/mol. The summed E-state index contributed by atoms with van der Waals surface area (Å²) in [5.74, 6) is 0.0936. The Morgan fingerprint density at radius 3 is 2.92 bits per heavy atom. The zero-order valence-electron chi connectivity index (χ0n) is 14.4. The molecule has 1 aromatic rings. The molecule has 3 N–H and O–H groups in total.